The predicted octanol–water partition coefficient (Wildman–Crippen LogP) is 6.10. The van der Waals surface area contributed by atoms with Gasteiger partial charge in [-0.3, -0.25) is 4.79 Å². The lowest BCUT2D eigenvalue weighted by Gasteiger charge is -2.18. The van der Waals surface area contributed by atoms with E-state index >= 15 is 0 Å². The third-order valence-electron chi connectivity index (χ3n) is 4.36. The quantitative estimate of drug-likeness (QED) is 0.364. The summed E-state index contributed by atoms with van der Waals surface area (Å²) in [7, 11) is 0. The van der Waals surface area contributed by atoms with Gasteiger partial charge < -0.3 is 5.32 Å². The molecule has 2 heteroatoms. The molecular formula is C20H41NO. The molecule has 0 fully saturated rings. The van der Waals surface area contributed by atoms with Crippen LogP contribution in [-0.4, -0.2) is 12.5 Å². The second-order valence-electron chi connectivity index (χ2n) is 7.32. The summed E-state index contributed by atoms with van der Waals surface area (Å²) in [6.07, 6.45) is 15.3. The molecule has 1 amide bonds. The molecule has 0 aliphatic heterocycles. The van der Waals surface area contributed by atoms with Crippen molar-refractivity contribution in [1.82, 2.24) is 5.32 Å². The average molecular weight is 312 g/mol. The molecule has 2 nitrogen and oxygen atoms in total. The van der Waals surface area contributed by atoms with Crippen molar-refractivity contribution in [2.24, 2.45) is 11.8 Å². The summed E-state index contributed by atoms with van der Waals surface area (Å²) in [4.78, 5) is 11.8. The van der Waals surface area contributed by atoms with Crippen LogP contribution in [0, 0.1) is 11.8 Å². The third kappa shape index (κ3) is 14.4. The smallest absolute Gasteiger partial charge is 0.220 e. The fraction of sp³-hybridized carbons (Fsp3) is 0.950. The molecule has 22 heavy (non-hydrogen) atoms. The Bertz CT molecular complexity index is 250. The molecule has 132 valence electrons. The first-order valence-corrected chi connectivity index (χ1v) is 9.86. The summed E-state index contributed by atoms with van der Waals surface area (Å²) in [6.45, 7) is 9.63. The van der Waals surface area contributed by atoms with E-state index in [9.17, 15) is 4.79 Å². The van der Waals surface area contributed by atoms with Crippen molar-refractivity contribution in [3.8, 4) is 0 Å². The Morgan fingerprint density at radius 3 is 1.82 bits per heavy atom. The van der Waals surface area contributed by atoms with Crippen molar-refractivity contribution in [2.75, 3.05) is 6.54 Å². The van der Waals surface area contributed by atoms with Crippen LogP contribution in [-0.2, 0) is 4.79 Å². The summed E-state index contributed by atoms with van der Waals surface area (Å²) >= 11 is 0. The standard InChI is InChI=1S/C20H41NO/c1-5-7-9-11-13-15-19(14-12-10-8-6-2)17-21-20(22)16-18(3)4/h18-19H,5-17H2,1-4H3,(H,21,22). The lowest BCUT2D eigenvalue weighted by Crippen LogP contribution is -2.30. The molecule has 0 radical (unpaired) electrons. The van der Waals surface area contributed by atoms with Gasteiger partial charge in [-0.2, -0.15) is 0 Å². The van der Waals surface area contributed by atoms with Gasteiger partial charge in [0.25, 0.3) is 0 Å². The van der Waals surface area contributed by atoms with Gasteiger partial charge in [0.15, 0.2) is 0 Å². The molecular weight excluding hydrogens is 270 g/mol. The summed E-state index contributed by atoms with van der Waals surface area (Å²) in [5, 5.41) is 3.17. The fourth-order valence-corrected chi connectivity index (χ4v) is 2.95. The van der Waals surface area contributed by atoms with Crippen LogP contribution < -0.4 is 5.32 Å². The van der Waals surface area contributed by atoms with E-state index in [4.69, 9.17) is 0 Å². The Hall–Kier alpha value is -0.530. The van der Waals surface area contributed by atoms with Gasteiger partial charge in [0.1, 0.15) is 0 Å². The minimum atomic E-state index is 0.236. The highest BCUT2D eigenvalue weighted by atomic mass is 16.1. The zero-order chi connectivity index (χ0) is 16.6. The van der Waals surface area contributed by atoms with E-state index in [0.717, 1.165) is 6.54 Å². The van der Waals surface area contributed by atoms with Crippen molar-refractivity contribution in [1.29, 1.82) is 0 Å². The van der Waals surface area contributed by atoms with Crippen LogP contribution in [0.2, 0.25) is 0 Å². The van der Waals surface area contributed by atoms with Crippen molar-refractivity contribution in [3.05, 3.63) is 0 Å². The van der Waals surface area contributed by atoms with Crippen LogP contribution in [0.1, 0.15) is 105 Å². The fourth-order valence-electron chi connectivity index (χ4n) is 2.95. The largest absolute Gasteiger partial charge is 0.356 e. The van der Waals surface area contributed by atoms with E-state index in [1.54, 1.807) is 0 Å². The van der Waals surface area contributed by atoms with Crippen LogP contribution in [0.4, 0.5) is 0 Å². The molecule has 0 saturated heterocycles. The Balaban J connectivity index is 3.95. The number of unbranched alkanes of at least 4 members (excludes halogenated alkanes) is 7. The second-order valence-corrected chi connectivity index (χ2v) is 7.32. The highest BCUT2D eigenvalue weighted by molar-refractivity contribution is 5.76. The van der Waals surface area contributed by atoms with Crippen LogP contribution in [0.5, 0.6) is 0 Å². The average Bonchev–Trinajstić information content (AvgIpc) is 2.47. The maximum absolute atomic E-state index is 11.8. The number of hydrogen-bond acceptors (Lipinski definition) is 1. The minimum Gasteiger partial charge on any atom is -0.356 e. The Kier molecular flexibility index (Phi) is 15.0. The number of carbonyl (C=O) groups is 1. The summed E-state index contributed by atoms with van der Waals surface area (Å²) < 4.78 is 0. The molecule has 0 saturated carbocycles. The van der Waals surface area contributed by atoms with Gasteiger partial charge in [-0.05, 0) is 24.7 Å². The first-order valence-electron chi connectivity index (χ1n) is 9.86. The lowest BCUT2D eigenvalue weighted by molar-refractivity contribution is -0.122. The zero-order valence-electron chi connectivity index (χ0n) is 15.8. The molecule has 1 N–H and O–H groups in total. The summed E-state index contributed by atoms with van der Waals surface area (Å²) in [5.74, 6) is 1.38. The highest BCUT2D eigenvalue weighted by Gasteiger charge is 2.11. The van der Waals surface area contributed by atoms with Gasteiger partial charge in [0, 0.05) is 13.0 Å². The lowest BCUT2D eigenvalue weighted by atomic mass is 9.94. The van der Waals surface area contributed by atoms with E-state index in [-0.39, 0.29) is 5.91 Å². The number of amides is 1. The molecule has 0 bridgehead atoms. The summed E-state index contributed by atoms with van der Waals surface area (Å²) in [5.41, 5.74) is 0. The molecule has 0 aliphatic carbocycles. The minimum absolute atomic E-state index is 0.236. The third-order valence-corrected chi connectivity index (χ3v) is 4.36. The van der Waals surface area contributed by atoms with Gasteiger partial charge in [0.2, 0.25) is 5.91 Å². The molecule has 0 aromatic rings. The van der Waals surface area contributed by atoms with Crippen LogP contribution in [0.3, 0.4) is 0 Å². The van der Waals surface area contributed by atoms with Gasteiger partial charge in [-0.15, -0.1) is 0 Å². The van der Waals surface area contributed by atoms with Crippen LogP contribution in [0.25, 0.3) is 0 Å². The molecule has 0 heterocycles. The van der Waals surface area contributed by atoms with Crippen molar-refractivity contribution >= 4 is 5.91 Å². The maximum atomic E-state index is 11.8. The van der Waals surface area contributed by atoms with E-state index in [0.29, 0.717) is 18.3 Å². The molecule has 0 spiro atoms. The highest BCUT2D eigenvalue weighted by Crippen LogP contribution is 2.18. The SMILES string of the molecule is CCCCCCCC(CCCCCC)CNC(=O)CC(C)C. The molecule has 1 unspecified atom stereocenters. The molecule has 0 aliphatic rings. The zero-order valence-corrected chi connectivity index (χ0v) is 15.8. The first kappa shape index (κ1) is 21.5. The van der Waals surface area contributed by atoms with E-state index in [2.05, 4.69) is 33.0 Å². The Morgan fingerprint density at radius 1 is 0.818 bits per heavy atom. The van der Waals surface area contributed by atoms with Gasteiger partial charge in [-0.25, -0.2) is 0 Å². The van der Waals surface area contributed by atoms with Crippen LogP contribution in [0.15, 0.2) is 0 Å². The van der Waals surface area contributed by atoms with E-state index < -0.39 is 0 Å². The normalized spacial score (nSPS) is 12.6. The predicted molar refractivity (Wildman–Crippen MR) is 98.1 cm³/mol. The van der Waals surface area contributed by atoms with Gasteiger partial charge >= 0.3 is 0 Å². The van der Waals surface area contributed by atoms with E-state index in [1.807, 2.05) is 0 Å². The number of hydrogen-bond donors (Lipinski definition) is 1. The molecule has 0 aromatic heterocycles. The molecule has 0 rings (SSSR count). The first-order chi connectivity index (χ1) is 10.6. The van der Waals surface area contributed by atoms with Crippen molar-refractivity contribution < 1.29 is 4.79 Å². The monoisotopic (exact) mass is 311 g/mol. The number of carbonyl (C=O) groups excluding carboxylic acids is 1. The van der Waals surface area contributed by atoms with Gasteiger partial charge in [-0.1, -0.05) is 85.5 Å². The second kappa shape index (κ2) is 15.4. The summed E-state index contributed by atoms with van der Waals surface area (Å²) in [6, 6.07) is 0. The molecule has 1 atom stereocenters. The topological polar surface area (TPSA) is 29.1 Å². The Morgan fingerprint density at radius 2 is 1.32 bits per heavy atom. The van der Waals surface area contributed by atoms with Crippen LogP contribution >= 0.6 is 0 Å². The Labute approximate surface area is 139 Å². The number of nitrogens with one attached hydrogen (secondary N) is 1. The number of rotatable bonds is 15. The maximum Gasteiger partial charge on any atom is 0.220 e. The van der Waals surface area contributed by atoms with Gasteiger partial charge in [0.05, 0.1) is 0 Å². The van der Waals surface area contributed by atoms with Crippen molar-refractivity contribution in [3.63, 3.8) is 0 Å². The van der Waals surface area contributed by atoms with E-state index in [1.165, 1.54) is 70.6 Å². The molecule has 0 aromatic carbocycles. The van der Waals surface area contributed by atoms with Crippen molar-refractivity contribution in [2.45, 2.75) is 105 Å².